The predicted molar refractivity (Wildman–Crippen MR) is 111 cm³/mol. The molecule has 2 aromatic heterocycles. The average Bonchev–Trinajstić information content (AvgIpc) is 3.16. The van der Waals surface area contributed by atoms with Gasteiger partial charge in [0.05, 0.1) is 33.9 Å². The van der Waals surface area contributed by atoms with Gasteiger partial charge in [-0.05, 0) is 42.5 Å². The second kappa shape index (κ2) is 7.84. The quantitative estimate of drug-likeness (QED) is 0.485. The van der Waals surface area contributed by atoms with Crippen molar-refractivity contribution in [2.24, 2.45) is 0 Å². The monoisotopic (exact) mass is 408 g/mol. The van der Waals surface area contributed by atoms with Crippen molar-refractivity contribution < 1.29 is 4.79 Å². The molecule has 2 aromatic carbocycles. The molecule has 0 aliphatic carbocycles. The minimum absolute atomic E-state index is 0.312. The molecule has 0 saturated heterocycles. The van der Waals surface area contributed by atoms with Gasteiger partial charge in [-0.2, -0.15) is 5.10 Å². The number of hydrogen-bond donors (Lipinski definition) is 1. The first-order valence-corrected chi connectivity index (χ1v) is 9.19. The zero-order valence-corrected chi connectivity index (χ0v) is 16.0. The summed E-state index contributed by atoms with van der Waals surface area (Å²) in [5.74, 6) is -0.312. The van der Waals surface area contributed by atoms with E-state index in [1.54, 1.807) is 53.5 Å². The van der Waals surface area contributed by atoms with Gasteiger partial charge in [-0.1, -0.05) is 41.4 Å². The number of hydrogen-bond acceptors (Lipinski definition) is 3. The number of rotatable bonds is 4. The Bertz CT molecular complexity index is 1140. The Balaban J connectivity index is 1.82. The van der Waals surface area contributed by atoms with Crippen molar-refractivity contribution in [2.45, 2.75) is 0 Å². The molecule has 7 heteroatoms. The highest BCUT2D eigenvalue weighted by Gasteiger charge is 2.21. The van der Waals surface area contributed by atoms with Crippen LogP contribution in [0.3, 0.4) is 0 Å². The van der Waals surface area contributed by atoms with Crippen LogP contribution in [0, 0.1) is 0 Å². The highest BCUT2D eigenvalue weighted by atomic mass is 35.5. The molecule has 5 nitrogen and oxygen atoms in total. The Kier molecular flexibility index (Phi) is 5.10. The highest BCUT2D eigenvalue weighted by molar-refractivity contribution is 6.34. The zero-order valence-electron chi connectivity index (χ0n) is 14.5. The van der Waals surface area contributed by atoms with Crippen molar-refractivity contribution in [3.8, 4) is 16.9 Å². The molecule has 28 heavy (non-hydrogen) atoms. The van der Waals surface area contributed by atoms with Crippen LogP contribution in [0.1, 0.15) is 10.4 Å². The van der Waals surface area contributed by atoms with Crippen molar-refractivity contribution in [2.75, 3.05) is 5.32 Å². The van der Waals surface area contributed by atoms with E-state index in [1.165, 1.54) is 6.20 Å². The summed E-state index contributed by atoms with van der Waals surface area (Å²) in [6.07, 6.45) is 4.86. The van der Waals surface area contributed by atoms with Crippen LogP contribution in [-0.4, -0.2) is 20.7 Å². The van der Waals surface area contributed by atoms with Gasteiger partial charge in [0.15, 0.2) is 0 Å². The van der Waals surface area contributed by atoms with E-state index < -0.39 is 0 Å². The Labute approximate surface area is 171 Å². The van der Waals surface area contributed by atoms with Crippen LogP contribution in [0.2, 0.25) is 10.0 Å². The first kappa shape index (κ1) is 18.2. The molecule has 0 radical (unpaired) electrons. The number of nitrogens with zero attached hydrogens (tertiary/aromatic N) is 3. The summed E-state index contributed by atoms with van der Waals surface area (Å²) in [4.78, 5) is 17.1. The largest absolute Gasteiger partial charge is 0.321 e. The molecule has 1 amide bonds. The van der Waals surface area contributed by atoms with Crippen molar-refractivity contribution in [3.05, 3.63) is 94.9 Å². The fraction of sp³-hybridized carbons (Fsp3) is 0. The van der Waals surface area contributed by atoms with E-state index in [-0.39, 0.29) is 5.91 Å². The number of anilines is 1. The minimum atomic E-state index is -0.312. The van der Waals surface area contributed by atoms with E-state index in [0.29, 0.717) is 27.0 Å². The van der Waals surface area contributed by atoms with Crippen molar-refractivity contribution in [3.63, 3.8) is 0 Å². The summed E-state index contributed by atoms with van der Waals surface area (Å²) in [6.45, 7) is 0. The predicted octanol–water partition coefficient (Wildman–Crippen LogP) is 5.49. The summed E-state index contributed by atoms with van der Waals surface area (Å²) in [5, 5.41) is 8.32. The number of carbonyl (C=O) groups is 1. The lowest BCUT2D eigenvalue weighted by molar-refractivity contribution is 0.102. The molecule has 0 aliphatic rings. The van der Waals surface area contributed by atoms with Gasteiger partial charge in [0, 0.05) is 23.0 Å². The fourth-order valence-corrected chi connectivity index (χ4v) is 3.23. The number of benzene rings is 2. The van der Waals surface area contributed by atoms with Gasteiger partial charge >= 0.3 is 0 Å². The van der Waals surface area contributed by atoms with E-state index in [0.717, 1.165) is 11.3 Å². The third-order valence-corrected chi connectivity index (χ3v) is 4.71. The standard InChI is InChI=1S/C21H14Cl2N4O/c22-15-4-3-5-16(12-15)27-20(14-8-10-24-11-9-14)17(13-25-27)21(28)26-19-7-2-1-6-18(19)23/h1-13H,(H,26,28). The maximum atomic E-state index is 13.0. The zero-order chi connectivity index (χ0) is 19.5. The van der Waals surface area contributed by atoms with Gasteiger partial charge in [0.1, 0.15) is 0 Å². The lowest BCUT2D eigenvalue weighted by Gasteiger charge is -2.11. The number of pyridine rings is 1. The van der Waals surface area contributed by atoms with Crippen molar-refractivity contribution >= 4 is 34.8 Å². The molecule has 4 rings (SSSR count). The lowest BCUT2D eigenvalue weighted by Crippen LogP contribution is -2.13. The lowest BCUT2D eigenvalue weighted by atomic mass is 10.1. The molecular weight excluding hydrogens is 395 g/mol. The smallest absolute Gasteiger partial charge is 0.259 e. The van der Waals surface area contributed by atoms with E-state index in [9.17, 15) is 4.79 Å². The molecule has 0 spiro atoms. The second-order valence-corrected chi connectivity index (χ2v) is 6.81. The Morgan fingerprint density at radius 3 is 2.50 bits per heavy atom. The normalized spacial score (nSPS) is 10.6. The fourth-order valence-electron chi connectivity index (χ4n) is 2.86. The van der Waals surface area contributed by atoms with E-state index >= 15 is 0 Å². The molecule has 0 bridgehead atoms. The number of amides is 1. The topological polar surface area (TPSA) is 59.8 Å². The van der Waals surface area contributed by atoms with Crippen LogP contribution in [0.25, 0.3) is 16.9 Å². The van der Waals surface area contributed by atoms with Crippen molar-refractivity contribution in [1.29, 1.82) is 0 Å². The molecular formula is C21H14Cl2N4O. The first-order chi connectivity index (χ1) is 13.6. The summed E-state index contributed by atoms with van der Waals surface area (Å²) >= 11 is 12.3. The Hall–Kier alpha value is -3.15. The number of nitrogens with one attached hydrogen (secondary N) is 1. The Morgan fingerprint density at radius 1 is 0.964 bits per heavy atom. The Morgan fingerprint density at radius 2 is 1.75 bits per heavy atom. The minimum Gasteiger partial charge on any atom is -0.321 e. The molecule has 0 unspecified atom stereocenters. The number of carbonyl (C=O) groups excluding carboxylic acids is 1. The van der Waals surface area contributed by atoms with Crippen LogP contribution in [0.15, 0.2) is 79.3 Å². The van der Waals surface area contributed by atoms with Gasteiger partial charge in [-0.3, -0.25) is 9.78 Å². The van der Waals surface area contributed by atoms with Crippen LogP contribution in [-0.2, 0) is 0 Å². The number of halogens is 2. The van der Waals surface area contributed by atoms with E-state index in [2.05, 4.69) is 15.4 Å². The second-order valence-electron chi connectivity index (χ2n) is 5.97. The molecule has 1 N–H and O–H groups in total. The summed E-state index contributed by atoms with van der Waals surface area (Å²) in [6, 6.07) is 18.0. The number of aromatic nitrogens is 3. The van der Waals surface area contributed by atoms with Crippen LogP contribution in [0.4, 0.5) is 5.69 Å². The molecule has 0 aliphatic heterocycles. The average molecular weight is 409 g/mol. The van der Waals surface area contributed by atoms with Gasteiger partial charge in [-0.25, -0.2) is 4.68 Å². The van der Waals surface area contributed by atoms with Gasteiger partial charge in [0.2, 0.25) is 0 Å². The van der Waals surface area contributed by atoms with Gasteiger partial charge in [-0.15, -0.1) is 0 Å². The van der Waals surface area contributed by atoms with Crippen LogP contribution >= 0.6 is 23.2 Å². The van der Waals surface area contributed by atoms with Crippen molar-refractivity contribution in [1.82, 2.24) is 14.8 Å². The van der Waals surface area contributed by atoms with E-state index in [1.807, 2.05) is 24.3 Å². The maximum Gasteiger partial charge on any atom is 0.259 e. The molecule has 138 valence electrons. The van der Waals surface area contributed by atoms with Crippen LogP contribution in [0.5, 0.6) is 0 Å². The maximum absolute atomic E-state index is 13.0. The SMILES string of the molecule is O=C(Nc1ccccc1Cl)c1cnn(-c2cccc(Cl)c2)c1-c1ccncc1. The van der Waals surface area contributed by atoms with Gasteiger partial charge in [0.25, 0.3) is 5.91 Å². The summed E-state index contributed by atoms with van der Waals surface area (Å²) in [7, 11) is 0. The first-order valence-electron chi connectivity index (χ1n) is 8.44. The van der Waals surface area contributed by atoms with Gasteiger partial charge < -0.3 is 5.32 Å². The molecule has 0 atom stereocenters. The molecule has 2 heterocycles. The van der Waals surface area contributed by atoms with Crippen LogP contribution < -0.4 is 5.32 Å². The number of para-hydroxylation sites is 1. The summed E-state index contributed by atoms with van der Waals surface area (Å²) < 4.78 is 1.68. The molecule has 0 saturated carbocycles. The molecule has 4 aromatic rings. The van der Waals surface area contributed by atoms with E-state index in [4.69, 9.17) is 23.2 Å². The molecule has 0 fully saturated rings. The third kappa shape index (κ3) is 3.63. The third-order valence-electron chi connectivity index (χ3n) is 4.14. The summed E-state index contributed by atoms with van der Waals surface area (Å²) in [5.41, 5.74) is 3.12. The highest BCUT2D eigenvalue weighted by Crippen LogP contribution is 2.29.